The number of amides is 1. The van der Waals surface area contributed by atoms with Crippen molar-refractivity contribution in [2.24, 2.45) is 4.99 Å². The van der Waals surface area contributed by atoms with Gasteiger partial charge in [-0.3, -0.25) is 9.69 Å². The van der Waals surface area contributed by atoms with E-state index in [4.69, 9.17) is 4.99 Å². The molecule has 1 aliphatic heterocycles. The van der Waals surface area contributed by atoms with Crippen molar-refractivity contribution in [1.29, 1.82) is 0 Å². The quantitative estimate of drug-likeness (QED) is 0.613. The van der Waals surface area contributed by atoms with E-state index in [-0.39, 0.29) is 11.9 Å². The summed E-state index contributed by atoms with van der Waals surface area (Å²) in [4.78, 5) is 22.9. The van der Waals surface area contributed by atoms with Crippen molar-refractivity contribution in [1.82, 2.24) is 4.90 Å². The number of thioether (sulfide) groups is 1. The number of para-hydroxylation sites is 1. The van der Waals surface area contributed by atoms with Crippen LogP contribution in [-0.2, 0) is 4.79 Å². The normalized spacial score (nSPS) is 20.6. The van der Waals surface area contributed by atoms with Crippen LogP contribution in [0.15, 0.2) is 64.5 Å². The van der Waals surface area contributed by atoms with Gasteiger partial charge in [-0.05, 0) is 60.5 Å². The van der Waals surface area contributed by atoms with Crippen LogP contribution >= 0.6 is 11.8 Å². The average Bonchev–Trinajstić information content (AvgIpc) is 3.04. The molecule has 0 atom stereocenters. The summed E-state index contributed by atoms with van der Waals surface area (Å²) in [6, 6.07) is 18.5. The van der Waals surface area contributed by atoms with Gasteiger partial charge in [0.05, 0.1) is 10.6 Å². The third kappa shape index (κ3) is 4.56. The SMILES string of the molecule is CN(C)c1ccc(/C=C2/SC(=Nc3ccccc3)N(C3CCCCC3)C2=O)cc1. The minimum absolute atomic E-state index is 0.0910. The second-order valence-electron chi connectivity index (χ2n) is 7.79. The average molecular weight is 406 g/mol. The Morgan fingerprint density at radius 3 is 2.34 bits per heavy atom. The fraction of sp³-hybridized carbons (Fsp3) is 0.333. The topological polar surface area (TPSA) is 35.9 Å². The lowest BCUT2D eigenvalue weighted by molar-refractivity contribution is -0.124. The molecule has 5 heteroatoms. The number of carbonyl (C=O) groups is 1. The van der Waals surface area contributed by atoms with Crippen molar-refractivity contribution >= 4 is 40.3 Å². The summed E-state index contributed by atoms with van der Waals surface area (Å²) >= 11 is 1.50. The van der Waals surface area contributed by atoms with Crippen LogP contribution in [0.4, 0.5) is 11.4 Å². The van der Waals surface area contributed by atoms with Crippen LogP contribution in [-0.4, -0.2) is 36.1 Å². The third-order valence-electron chi connectivity index (χ3n) is 5.46. The molecule has 0 bridgehead atoms. The second kappa shape index (κ2) is 8.87. The molecule has 0 N–H and O–H groups in total. The Morgan fingerprint density at radius 2 is 1.69 bits per heavy atom. The van der Waals surface area contributed by atoms with E-state index in [0.29, 0.717) is 0 Å². The Labute approximate surface area is 177 Å². The van der Waals surface area contributed by atoms with E-state index in [0.717, 1.165) is 39.9 Å². The molecule has 2 fully saturated rings. The van der Waals surface area contributed by atoms with Crippen LogP contribution in [0.3, 0.4) is 0 Å². The number of hydrogen-bond donors (Lipinski definition) is 0. The zero-order chi connectivity index (χ0) is 20.2. The first-order chi connectivity index (χ1) is 14.1. The van der Waals surface area contributed by atoms with E-state index >= 15 is 0 Å². The van der Waals surface area contributed by atoms with Crippen LogP contribution in [0.1, 0.15) is 37.7 Å². The van der Waals surface area contributed by atoms with Gasteiger partial charge in [0.15, 0.2) is 5.17 Å². The summed E-state index contributed by atoms with van der Waals surface area (Å²) in [5, 5.41) is 0.810. The molecule has 29 heavy (non-hydrogen) atoms. The lowest BCUT2D eigenvalue weighted by Crippen LogP contribution is -2.40. The Bertz CT molecular complexity index is 913. The first kappa shape index (κ1) is 19.8. The van der Waals surface area contributed by atoms with Gasteiger partial charge in [-0.15, -0.1) is 0 Å². The standard InChI is InChI=1S/C24H27N3OS/c1-26(2)20-15-13-18(14-16-20)17-22-23(28)27(21-11-7-4-8-12-21)24(29-22)25-19-9-5-3-6-10-19/h3,5-6,9-10,13-17,21H,4,7-8,11-12H2,1-2H3/b22-17+,25-24?. The van der Waals surface area contributed by atoms with E-state index in [1.54, 1.807) is 0 Å². The number of benzene rings is 2. The molecule has 1 amide bonds. The zero-order valence-corrected chi connectivity index (χ0v) is 17.9. The van der Waals surface area contributed by atoms with Crippen molar-refractivity contribution < 1.29 is 4.79 Å². The number of rotatable bonds is 4. The Balaban J connectivity index is 1.65. The minimum atomic E-state index is 0.0910. The number of nitrogens with zero attached hydrogens (tertiary/aromatic N) is 3. The van der Waals surface area contributed by atoms with E-state index < -0.39 is 0 Å². The highest BCUT2D eigenvalue weighted by atomic mass is 32.2. The maximum atomic E-state index is 13.3. The largest absolute Gasteiger partial charge is 0.378 e. The van der Waals surface area contributed by atoms with Gasteiger partial charge in [0.1, 0.15) is 0 Å². The molecule has 0 radical (unpaired) electrons. The van der Waals surface area contributed by atoms with Gasteiger partial charge in [-0.1, -0.05) is 49.6 Å². The van der Waals surface area contributed by atoms with E-state index in [1.807, 2.05) is 55.4 Å². The molecule has 4 nitrogen and oxygen atoms in total. The summed E-state index contributed by atoms with van der Waals surface area (Å²) in [7, 11) is 4.05. The molecule has 1 aliphatic carbocycles. The van der Waals surface area contributed by atoms with Gasteiger partial charge in [0.2, 0.25) is 0 Å². The highest BCUT2D eigenvalue weighted by Gasteiger charge is 2.38. The first-order valence-corrected chi connectivity index (χ1v) is 11.1. The third-order valence-corrected chi connectivity index (χ3v) is 6.45. The summed E-state index contributed by atoms with van der Waals surface area (Å²) in [5.41, 5.74) is 3.07. The number of aliphatic imine (C=N–C) groups is 1. The molecule has 2 aromatic rings. The zero-order valence-electron chi connectivity index (χ0n) is 17.0. The molecule has 1 heterocycles. The first-order valence-electron chi connectivity index (χ1n) is 10.3. The lowest BCUT2D eigenvalue weighted by atomic mass is 9.94. The molecule has 1 saturated heterocycles. The number of amidine groups is 1. The Hall–Kier alpha value is -2.53. The maximum absolute atomic E-state index is 13.3. The van der Waals surface area contributed by atoms with Crippen molar-refractivity contribution in [3.8, 4) is 0 Å². The summed E-state index contributed by atoms with van der Waals surface area (Å²) in [6.45, 7) is 0. The van der Waals surface area contributed by atoms with E-state index in [9.17, 15) is 4.79 Å². The predicted molar refractivity (Wildman–Crippen MR) is 124 cm³/mol. The second-order valence-corrected chi connectivity index (χ2v) is 8.80. The monoisotopic (exact) mass is 405 g/mol. The highest BCUT2D eigenvalue weighted by molar-refractivity contribution is 8.18. The molecule has 150 valence electrons. The molecule has 2 aromatic carbocycles. The molecule has 2 aliphatic rings. The Morgan fingerprint density at radius 1 is 1.00 bits per heavy atom. The summed E-state index contributed by atoms with van der Waals surface area (Å²) in [5.74, 6) is 0.0910. The minimum Gasteiger partial charge on any atom is -0.378 e. The molecular formula is C24H27N3OS. The predicted octanol–water partition coefficient (Wildman–Crippen LogP) is 5.69. The molecule has 1 saturated carbocycles. The highest BCUT2D eigenvalue weighted by Crippen LogP contribution is 2.38. The molecule has 0 aromatic heterocycles. The molecule has 4 rings (SSSR count). The number of anilines is 1. The van der Waals surface area contributed by atoms with Crippen molar-refractivity contribution in [2.75, 3.05) is 19.0 Å². The van der Waals surface area contributed by atoms with Crippen LogP contribution in [0.25, 0.3) is 6.08 Å². The number of hydrogen-bond acceptors (Lipinski definition) is 4. The molecule has 0 unspecified atom stereocenters. The summed E-state index contributed by atoms with van der Waals surface area (Å²) in [6.07, 6.45) is 7.74. The van der Waals surface area contributed by atoms with Gasteiger partial charge in [-0.25, -0.2) is 4.99 Å². The van der Waals surface area contributed by atoms with Crippen molar-refractivity contribution in [3.05, 3.63) is 65.1 Å². The maximum Gasteiger partial charge on any atom is 0.267 e. The van der Waals surface area contributed by atoms with Crippen molar-refractivity contribution in [3.63, 3.8) is 0 Å². The summed E-state index contributed by atoms with van der Waals surface area (Å²) < 4.78 is 0. The van der Waals surface area contributed by atoms with Gasteiger partial charge in [0, 0.05) is 25.8 Å². The lowest BCUT2D eigenvalue weighted by Gasteiger charge is -2.30. The van der Waals surface area contributed by atoms with E-state index in [1.165, 1.54) is 31.0 Å². The fourth-order valence-corrected chi connectivity index (χ4v) is 4.92. The van der Waals surface area contributed by atoms with Crippen molar-refractivity contribution in [2.45, 2.75) is 38.1 Å². The molecular weight excluding hydrogens is 378 g/mol. The van der Waals surface area contributed by atoms with Crippen LogP contribution in [0.5, 0.6) is 0 Å². The van der Waals surface area contributed by atoms with Gasteiger partial charge in [0.25, 0.3) is 5.91 Å². The van der Waals surface area contributed by atoms with Gasteiger partial charge >= 0.3 is 0 Å². The van der Waals surface area contributed by atoms with Crippen LogP contribution < -0.4 is 4.90 Å². The van der Waals surface area contributed by atoms with Gasteiger partial charge in [-0.2, -0.15) is 0 Å². The Kier molecular flexibility index (Phi) is 6.05. The van der Waals surface area contributed by atoms with Crippen LogP contribution in [0.2, 0.25) is 0 Å². The smallest absolute Gasteiger partial charge is 0.267 e. The fourth-order valence-electron chi connectivity index (χ4n) is 3.86. The van der Waals surface area contributed by atoms with Gasteiger partial charge < -0.3 is 4.90 Å². The number of carbonyl (C=O) groups excluding carboxylic acids is 1. The van der Waals surface area contributed by atoms with E-state index in [2.05, 4.69) is 29.2 Å². The van der Waals surface area contributed by atoms with Crippen LogP contribution in [0, 0.1) is 0 Å². The molecule has 0 spiro atoms.